The lowest BCUT2D eigenvalue weighted by atomic mass is 9.40. The zero-order chi connectivity index (χ0) is 31.4. The van der Waals surface area contributed by atoms with Gasteiger partial charge in [-0.1, -0.05) is 6.92 Å². The maximum atomic E-state index is 12.5. The lowest BCUT2D eigenvalue weighted by molar-refractivity contribution is -0.342. The molecule has 6 rings (SSSR count). The van der Waals surface area contributed by atoms with Crippen LogP contribution in [-0.4, -0.2) is 120 Å². The highest BCUT2D eigenvalue weighted by atomic mass is 16.7. The highest BCUT2D eigenvalue weighted by Crippen LogP contribution is 2.70. The van der Waals surface area contributed by atoms with Crippen LogP contribution in [0.15, 0.2) is 11.6 Å². The van der Waals surface area contributed by atoms with E-state index in [2.05, 4.69) is 0 Å². The molecule has 41 heavy (non-hydrogen) atoms. The number of carbonyl (C=O) groups is 1. The topological polar surface area (TPSA) is 207 Å². The molecular weight excluding hydrogens is 540 g/mol. The van der Waals surface area contributed by atoms with Gasteiger partial charge in [-0.05, 0) is 56.4 Å². The van der Waals surface area contributed by atoms with E-state index in [4.69, 9.17) is 17.0 Å². The maximum absolute atomic E-state index is 12.5. The van der Waals surface area contributed by atoms with Crippen LogP contribution in [0.25, 0.3) is 0 Å². The molecule has 0 aromatic carbocycles. The van der Waals surface area contributed by atoms with Crippen molar-refractivity contribution in [2.75, 3.05) is 13.2 Å². The Balaban J connectivity index is 1.30. The molecule has 16 atom stereocenters. The first-order chi connectivity index (χ1) is 20.1. The van der Waals surface area contributed by atoms with Gasteiger partial charge in [-0.15, -0.1) is 0 Å². The van der Waals surface area contributed by atoms with Crippen LogP contribution in [0.2, 0.25) is 0 Å². The predicted molar refractivity (Wildman–Crippen MR) is 139 cm³/mol. The lowest BCUT2D eigenvalue weighted by Crippen LogP contribution is -2.76. The van der Waals surface area contributed by atoms with Crippen LogP contribution in [0.3, 0.4) is 0 Å². The fraction of sp³-hybridized carbons (Fsp3) is 0.897. The SMILES string of the molecule is [3H]C1=C([C@H]2CC[C@]3(O)[C@@H]4CC[C@]5(O)C[C@@H](O[C@@H]6O[C@@H](C)[C@H](O)[C@@H](O)[C@H]6O)C[C@@H](O)[C@]5(CO)[C@H]4[C@H](O)C[C@]23C)C([3H])OC1=O. The second kappa shape index (κ2) is 9.91. The number of aliphatic hydroxyl groups is 8. The quantitative estimate of drug-likeness (QED) is 0.139. The van der Waals surface area contributed by atoms with E-state index in [1.165, 1.54) is 6.92 Å². The van der Waals surface area contributed by atoms with E-state index >= 15 is 0 Å². The molecule has 2 heterocycles. The molecule has 1 unspecified atom stereocenters. The first kappa shape index (κ1) is 27.4. The number of esters is 1. The number of hydrogen-bond acceptors (Lipinski definition) is 12. The van der Waals surface area contributed by atoms with Gasteiger partial charge < -0.3 is 55.1 Å². The number of hydrogen-bond donors (Lipinski definition) is 8. The minimum Gasteiger partial charge on any atom is -0.458 e. The van der Waals surface area contributed by atoms with Crippen LogP contribution in [0, 0.1) is 28.6 Å². The number of rotatable bonds is 4. The van der Waals surface area contributed by atoms with E-state index in [-0.39, 0.29) is 44.1 Å². The van der Waals surface area contributed by atoms with Gasteiger partial charge in [-0.2, -0.15) is 0 Å². The van der Waals surface area contributed by atoms with Crippen molar-refractivity contribution in [3.8, 4) is 0 Å². The zero-order valence-electron chi connectivity index (χ0n) is 25.3. The molecule has 8 N–H and O–H groups in total. The summed E-state index contributed by atoms with van der Waals surface area (Å²) in [7, 11) is 0. The predicted octanol–water partition coefficient (Wildman–Crippen LogP) is -1.51. The molecule has 0 bridgehead atoms. The Kier molecular flexibility index (Phi) is 6.62. The summed E-state index contributed by atoms with van der Waals surface area (Å²) >= 11 is 0. The molecule has 6 aliphatic rings. The van der Waals surface area contributed by atoms with Crippen molar-refractivity contribution in [3.05, 3.63) is 11.6 Å². The van der Waals surface area contributed by atoms with Gasteiger partial charge in [-0.25, -0.2) is 4.79 Å². The van der Waals surface area contributed by atoms with Crippen molar-refractivity contribution in [3.63, 3.8) is 0 Å². The molecule has 0 spiro atoms. The van der Waals surface area contributed by atoms with Crippen LogP contribution in [0.5, 0.6) is 0 Å². The van der Waals surface area contributed by atoms with Crippen molar-refractivity contribution in [2.45, 2.75) is 119 Å². The Morgan fingerprint density at radius 2 is 1.83 bits per heavy atom. The van der Waals surface area contributed by atoms with Gasteiger partial charge in [0.25, 0.3) is 0 Å². The molecule has 4 aliphatic carbocycles. The van der Waals surface area contributed by atoms with Gasteiger partial charge in [-0.3, -0.25) is 0 Å². The van der Waals surface area contributed by atoms with Crippen molar-refractivity contribution < 1.29 is 62.6 Å². The maximum Gasteiger partial charge on any atom is 0.331 e. The lowest BCUT2D eigenvalue weighted by Gasteiger charge is -2.68. The molecule has 0 aromatic rings. The monoisotopic (exact) mass is 588 g/mol. The third-order valence-corrected chi connectivity index (χ3v) is 12.0. The van der Waals surface area contributed by atoms with Crippen LogP contribution in [0.1, 0.15) is 61.5 Å². The molecule has 4 saturated carbocycles. The Morgan fingerprint density at radius 3 is 2.49 bits per heavy atom. The van der Waals surface area contributed by atoms with E-state index in [1.54, 1.807) is 6.92 Å². The first-order valence-corrected chi connectivity index (χ1v) is 14.7. The second-order valence-electron chi connectivity index (χ2n) is 13.6. The van der Waals surface area contributed by atoms with E-state index in [1.807, 2.05) is 0 Å². The summed E-state index contributed by atoms with van der Waals surface area (Å²) in [6.07, 6.45) is -9.43. The van der Waals surface area contributed by atoms with E-state index in [0.29, 0.717) is 6.42 Å². The number of ether oxygens (including phenoxy) is 3. The Morgan fingerprint density at radius 1 is 1.10 bits per heavy atom. The van der Waals surface area contributed by atoms with Crippen molar-refractivity contribution in [1.29, 1.82) is 0 Å². The molecular formula is C29H44O12. The van der Waals surface area contributed by atoms with Crippen LogP contribution >= 0.6 is 0 Å². The largest absolute Gasteiger partial charge is 0.458 e. The molecule has 0 radical (unpaired) electrons. The smallest absolute Gasteiger partial charge is 0.331 e. The number of fused-ring (bicyclic) bond motifs is 5. The second-order valence-corrected chi connectivity index (χ2v) is 13.6. The number of aliphatic hydroxyl groups excluding tert-OH is 6. The standard InChI is InChI=1S/C29H44O12/c1-13-22(34)23(35)24(36)25(40-13)41-15-8-19(32)28(12-30)21-17(3-5-27(28,37)9-15)29(38)6-4-16(14-7-20(33)39-11-14)26(29,2)10-18(21)31/h7,13,15-19,21-25,30-32,34-38H,3-6,8-12H2,1-2H3/t13-,15-,16+,17+,18+,19+,21+,22-,23+,24+,25-,26+,27-,28+,29-/m0/s1/i7T,11T/t11?,13-,15-,16+,17+,18+,19+,21+,22-,23+,24+,25-,26+,27-,28+,29-. The normalized spacial score (nSPS) is 59.6. The molecule has 12 nitrogen and oxygen atoms in total. The summed E-state index contributed by atoms with van der Waals surface area (Å²) in [5.74, 6) is -3.05. The fourth-order valence-electron chi connectivity index (χ4n) is 9.87. The molecule has 0 amide bonds. The zero-order valence-corrected chi connectivity index (χ0v) is 23.3. The summed E-state index contributed by atoms with van der Waals surface area (Å²) in [5.41, 5.74) is -5.69. The number of carbonyl (C=O) groups excluding carboxylic acids is 1. The molecule has 5 fully saturated rings. The molecule has 2 aliphatic heterocycles. The van der Waals surface area contributed by atoms with Crippen molar-refractivity contribution >= 4 is 5.97 Å². The number of cyclic esters (lactones) is 1. The van der Waals surface area contributed by atoms with Crippen LogP contribution in [-0.2, 0) is 19.0 Å². The van der Waals surface area contributed by atoms with Crippen LogP contribution in [0.4, 0.5) is 0 Å². The summed E-state index contributed by atoms with van der Waals surface area (Å²) < 4.78 is 33.0. The minimum absolute atomic E-state index is 0.0162. The highest BCUT2D eigenvalue weighted by molar-refractivity contribution is 5.85. The van der Waals surface area contributed by atoms with Gasteiger partial charge in [0.05, 0.1) is 50.4 Å². The first-order valence-electron chi connectivity index (χ1n) is 15.7. The minimum atomic E-state index is -1.74. The average Bonchev–Trinajstić information content (AvgIpc) is 3.34. The highest BCUT2D eigenvalue weighted by Gasteiger charge is 2.75. The molecule has 0 aromatic heterocycles. The summed E-state index contributed by atoms with van der Waals surface area (Å²) in [6.45, 7) is 1.25. The van der Waals surface area contributed by atoms with Gasteiger partial charge in [0.1, 0.15) is 24.9 Å². The van der Waals surface area contributed by atoms with Gasteiger partial charge in [0.15, 0.2) is 6.29 Å². The third-order valence-electron chi connectivity index (χ3n) is 12.0. The summed E-state index contributed by atoms with van der Waals surface area (Å²) in [4.78, 5) is 12.1. The molecule has 1 saturated heterocycles. The average molecular weight is 589 g/mol. The Hall–Kier alpha value is -1.19. The molecule has 232 valence electrons. The van der Waals surface area contributed by atoms with Gasteiger partial charge in [0, 0.05) is 30.2 Å². The third kappa shape index (κ3) is 3.99. The van der Waals surface area contributed by atoms with Crippen molar-refractivity contribution in [1.82, 2.24) is 0 Å². The fourth-order valence-corrected chi connectivity index (χ4v) is 9.87. The van der Waals surface area contributed by atoms with E-state index in [9.17, 15) is 45.6 Å². The van der Waals surface area contributed by atoms with Crippen LogP contribution < -0.4 is 0 Å². The molecule has 12 heteroatoms. The Bertz CT molecular complexity index is 1170. The summed E-state index contributed by atoms with van der Waals surface area (Å²) in [6, 6.07) is -0.394. The van der Waals surface area contributed by atoms with Crippen molar-refractivity contribution in [2.24, 2.45) is 28.6 Å². The van der Waals surface area contributed by atoms with Gasteiger partial charge >= 0.3 is 5.97 Å². The van der Waals surface area contributed by atoms with E-state index < -0.39 is 114 Å². The van der Waals surface area contributed by atoms with Gasteiger partial charge in [0.2, 0.25) is 0 Å². The summed E-state index contributed by atoms with van der Waals surface area (Å²) in [5, 5.41) is 89.8. The Labute approximate surface area is 241 Å². The van der Waals surface area contributed by atoms with E-state index in [0.717, 1.165) is 0 Å².